The van der Waals surface area contributed by atoms with Crippen LogP contribution in [-0.2, 0) is 9.53 Å². The Balaban J connectivity index is 0.00000289. The number of carboxylic acids is 1. The molecule has 10 heteroatoms. The van der Waals surface area contributed by atoms with Crippen molar-refractivity contribution >= 4 is 28.5 Å². The molecule has 2 heterocycles. The van der Waals surface area contributed by atoms with Crippen LogP contribution in [0.5, 0.6) is 0 Å². The zero-order chi connectivity index (χ0) is 22.1. The van der Waals surface area contributed by atoms with Gasteiger partial charge < -0.3 is 24.1 Å². The SMILES string of the molecule is COC(=O)CCCN1CCN(c2cc3c(cc2F)c(=O)c(C(=O)[O-])cn3C2CC2)CC1.[K+]. The molecule has 0 bridgehead atoms. The molecule has 8 nitrogen and oxygen atoms in total. The Bertz CT molecular complexity index is 1080. The third kappa shape index (κ3) is 5.43. The fourth-order valence-corrected chi connectivity index (χ4v) is 4.16. The fraction of sp³-hybridized carbons (Fsp3) is 0.500. The molecule has 0 spiro atoms. The molecule has 2 fully saturated rings. The summed E-state index contributed by atoms with van der Waals surface area (Å²) in [5.74, 6) is -2.31. The van der Waals surface area contributed by atoms with E-state index in [-0.39, 0.29) is 68.8 Å². The van der Waals surface area contributed by atoms with Crippen LogP contribution >= 0.6 is 0 Å². The molecule has 4 rings (SSSR count). The van der Waals surface area contributed by atoms with Gasteiger partial charge in [-0.15, -0.1) is 0 Å². The van der Waals surface area contributed by atoms with E-state index >= 15 is 0 Å². The summed E-state index contributed by atoms with van der Waals surface area (Å²) < 4.78 is 21.4. The smallest absolute Gasteiger partial charge is 0.545 e. The number of benzene rings is 1. The van der Waals surface area contributed by atoms with Gasteiger partial charge in [0, 0.05) is 50.2 Å². The van der Waals surface area contributed by atoms with Gasteiger partial charge in [-0.25, -0.2) is 4.39 Å². The molecule has 2 aromatic rings. The summed E-state index contributed by atoms with van der Waals surface area (Å²) >= 11 is 0. The van der Waals surface area contributed by atoms with E-state index in [4.69, 9.17) is 0 Å². The van der Waals surface area contributed by atoms with E-state index in [1.54, 1.807) is 10.6 Å². The number of rotatable bonds is 7. The molecule has 0 amide bonds. The minimum Gasteiger partial charge on any atom is -0.545 e. The second kappa shape index (κ2) is 10.7. The standard InChI is InChI=1S/C22H26FN3O5.K/c1-31-20(27)3-2-6-24-7-9-25(10-8-24)19-12-18-15(11-17(19)23)21(28)16(22(29)30)13-26(18)14-4-5-14;/h11-14H,2-10H2,1H3,(H,29,30);/q;+1/p-1. The number of aromatic nitrogens is 1. The predicted octanol–water partition coefficient (Wildman–Crippen LogP) is -2.08. The summed E-state index contributed by atoms with van der Waals surface area (Å²) in [4.78, 5) is 39.3. The van der Waals surface area contributed by atoms with Gasteiger partial charge in [0.25, 0.3) is 0 Å². The normalized spacial score (nSPS) is 16.6. The molecule has 2 aliphatic rings. The first kappa shape index (κ1) is 25.3. The Morgan fingerprint density at radius 3 is 2.47 bits per heavy atom. The number of pyridine rings is 1. The molecule has 1 aromatic carbocycles. The average Bonchev–Trinajstić information content (AvgIpc) is 3.59. The van der Waals surface area contributed by atoms with Crippen molar-refractivity contribution in [2.45, 2.75) is 31.7 Å². The quantitative estimate of drug-likeness (QED) is 0.339. The zero-order valence-corrected chi connectivity index (χ0v) is 21.6. The Morgan fingerprint density at radius 1 is 1.19 bits per heavy atom. The molecule has 32 heavy (non-hydrogen) atoms. The number of carbonyl (C=O) groups excluding carboxylic acids is 2. The second-order valence-electron chi connectivity index (χ2n) is 8.13. The number of esters is 1. The Hall–Kier alpha value is -1.30. The van der Waals surface area contributed by atoms with Crippen LogP contribution in [0, 0.1) is 5.82 Å². The molecule has 1 saturated carbocycles. The third-order valence-electron chi connectivity index (χ3n) is 6.06. The zero-order valence-electron chi connectivity index (χ0n) is 18.4. The molecule has 1 aliphatic heterocycles. The maximum absolute atomic E-state index is 15.0. The van der Waals surface area contributed by atoms with Crippen LogP contribution in [0.3, 0.4) is 0 Å². The Labute approximate surface area is 227 Å². The summed E-state index contributed by atoms with van der Waals surface area (Å²) in [6, 6.07) is 2.93. The molecular formula is C22H25FKN3O5. The molecule has 1 saturated heterocycles. The van der Waals surface area contributed by atoms with Crippen molar-refractivity contribution in [1.82, 2.24) is 9.47 Å². The van der Waals surface area contributed by atoms with Gasteiger partial charge in [0.1, 0.15) is 5.82 Å². The van der Waals surface area contributed by atoms with E-state index in [0.717, 1.165) is 38.5 Å². The largest absolute Gasteiger partial charge is 1.00 e. The van der Waals surface area contributed by atoms with Crippen molar-refractivity contribution in [2.24, 2.45) is 0 Å². The predicted molar refractivity (Wildman–Crippen MR) is 111 cm³/mol. The van der Waals surface area contributed by atoms with Crippen molar-refractivity contribution < 1.29 is 75.2 Å². The van der Waals surface area contributed by atoms with Crippen molar-refractivity contribution in [3.63, 3.8) is 0 Å². The number of methoxy groups -OCH3 is 1. The van der Waals surface area contributed by atoms with Gasteiger partial charge in [-0.3, -0.25) is 14.5 Å². The van der Waals surface area contributed by atoms with E-state index in [2.05, 4.69) is 9.64 Å². The van der Waals surface area contributed by atoms with Crippen LogP contribution in [0.15, 0.2) is 23.1 Å². The summed E-state index contributed by atoms with van der Waals surface area (Å²) in [7, 11) is 1.38. The Morgan fingerprint density at radius 2 is 1.88 bits per heavy atom. The number of ether oxygens (including phenoxy) is 1. The molecule has 1 aliphatic carbocycles. The van der Waals surface area contributed by atoms with Crippen LogP contribution < -0.4 is 66.8 Å². The van der Waals surface area contributed by atoms with E-state index in [9.17, 15) is 23.9 Å². The number of carboxylic acid groups (broad SMARTS) is 1. The first-order valence-electron chi connectivity index (χ1n) is 10.5. The van der Waals surface area contributed by atoms with Crippen LogP contribution in [0.1, 0.15) is 42.1 Å². The van der Waals surface area contributed by atoms with E-state index < -0.39 is 22.8 Å². The number of hydrogen-bond donors (Lipinski definition) is 0. The minimum absolute atomic E-state index is 0. The topological polar surface area (TPSA) is 94.9 Å². The number of nitrogens with zero attached hydrogens (tertiary/aromatic N) is 3. The summed E-state index contributed by atoms with van der Waals surface area (Å²) in [6.45, 7) is 3.47. The van der Waals surface area contributed by atoms with Crippen LogP contribution in [0.25, 0.3) is 10.9 Å². The number of hydrogen-bond acceptors (Lipinski definition) is 7. The van der Waals surface area contributed by atoms with E-state index in [0.29, 0.717) is 37.1 Å². The number of aromatic carboxylic acids is 1. The molecule has 166 valence electrons. The molecule has 0 unspecified atom stereocenters. The molecule has 0 N–H and O–H groups in total. The van der Waals surface area contributed by atoms with Gasteiger partial charge in [-0.1, -0.05) is 0 Å². The van der Waals surface area contributed by atoms with Gasteiger partial charge >= 0.3 is 57.4 Å². The van der Waals surface area contributed by atoms with Crippen LogP contribution in [0.2, 0.25) is 0 Å². The van der Waals surface area contributed by atoms with Gasteiger partial charge in [-0.05, 0) is 37.9 Å². The first-order chi connectivity index (χ1) is 14.9. The van der Waals surface area contributed by atoms with Crippen molar-refractivity contribution in [3.8, 4) is 0 Å². The summed E-state index contributed by atoms with van der Waals surface area (Å²) in [6.07, 6.45) is 4.20. The maximum atomic E-state index is 15.0. The minimum atomic E-state index is -1.55. The van der Waals surface area contributed by atoms with Gasteiger partial charge in [0.15, 0.2) is 5.43 Å². The Kier molecular flexibility index (Phi) is 8.51. The fourth-order valence-electron chi connectivity index (χ4n) is 4.16. The average molecular weight is 470 g/mol. The molecule has 1 aromatic heterocycles. The number of fused-ring (bicyclic) bond motifs is 1. The van der Waals surface area contributed by atoms with Crippen molar-refractivity contribution in [1.29, 1.82) is 0 Å². The molecular weight excluding hydrogens is 444 g/mol. The van der Waals surface area contributed by atoms with Crippen molar-refractivity contribution in [3.05, 3.63) is 39.9 Å². The summed E-state index contributed by atoms with van der Waals surface area (Å²) in [5, 5.41) is 11.4. The number of piperazine rings is 1. The third-order valence-corrected chi connectivity index (χ3v) is 6.06. The number of halogens is 1. The van der Waals surface area contributed by atoms with E-state index in [1.807, 2.05) is 4.90 Å². The monoisotopic (exact) mass is 469 g/mol. The number of carbonyl (C=O) groups is 2. The van der Waals surface area contributed by atoms with E-state index in [1.165, 1.54) is 13.3 Å². The molecule has 0 atom stereocenters. The first-order valence-corrected chi connectivity index (χ1v) is 10.5. The maximum Gasteiger partial charge on any atom is 1.00 e. The molecule has 0 radical (unpaired) electrons. The van der Waals surface area contributed by atoms with Gasteiger partial charge in [0.05, 0.1) is 29.8 Å². The van der Waals surface area contributed by atoms with Crippen LogP contribution in [0.4, 0.5) is 10.1 Å². The summed E-state index contributed by atoms with van der Waals surface area (Å²) in [5.41, 5.74) is -0.189. The van der Waals surface area contributed by atoms with Crippen LogP contribution in [-0.4, -0.2) is 61.2 Å². The van der Waals surface area contributed by atoms with Gasteiger partial charge in [-0.2, -0.15) is 0 Å². The van der Waals surface area contributed by atoms with Crippen molar-refractivity contribution in [2.75, 3.05) is 44.7 Å². The second-order valence-corrected chi connectivity index (χ2v) is 8.13. The number of anilines is 1. The van der Waals surface area contributed by atoms with Gasteiger partial charge in [0.2, 0.25) is 0 Å².